The van der Waals surface area contributed by atoms with E-state index in [1.807, 2.05) is 17.9 Å². The molecule has 0 saturated carbocycles. The summed E-state index contributed by atoms with van der Waals surface area (Å²) in [6.07, 6.45) is -3.99. The first-order valence-corrected chi connectivity index (χ1v) is 11.5. The standard InChI is InChI=1S/C19H23F3N2O3S2/c1-3-16-8-9-17(28-16)29(26,27)24-12-10-23(11-13-24)15-6-4-14(5-7-15)18(2,25)19(20,21)22/h4-9,25H,3,10-13H2,1-2H3. The normalized spacial score (nSPS) is 18.6. The predicted molar refractivity (Wildman–Crippen MR) is 107 cm³/mol. The maximum absolute atomic E-state index is 13.0. The van der Waals surface area contributed by atoms with Gasteiger partial charge >= 0.3 is 6.18 Å². The van der Waals surface area contributed by atoms with Crippen molar-refractivity contribution in [3.63, 3.8) is 0 Å². The van der Waals surface area contributed by atoms with Crippen LogP contribution in [0.4, 0.5) is 18.9 Å². The van der Waals surface area contributed by atoms with Gasteiger partial charge in [0.2, 0.25) is 0 Å². The highest BCUT2D eigenvalue weighted by Crippen LogP contribution is 2.39. The van der Waals surface area contributed by atoms with Gasteiger partial charge in [0, 0.05) is 36.7 Å². The molecule has 1 aromatic carbocycles. The maximum Gasteiger partial charge on any atom is 0.421 e. The van der Waals surface area contributed by atoms with Crippen LogP contribution in [0.5, 0.6) is 0 Å². The van der Waals surface area contributed by atoms with Crippen LogP contribution in [-0.4, -0.2) is 50.2 Å². The van der Waals surface area contributed by atoms with Crippen LogP contribution in [0.1, 0.15) is 24.3 Å². The van der Waals surface area contributed by atoms with Crippen LogP contribution in [0.15, 0.2) is 40.6 Å². The number of rotatable bonds is 5. The topological polar surface area (TPSA) is 60.9 Å². The van der Waals surface area contributed by atoms with E-state index in [-0.39, 0.29) is 5.56 Å². The van der Waals surface area contributed by atoms with Gasteiger partial charge in [-0.05, 0) is 43.2 Å². The Morgan fingerprint density at radius 3 is 2.10 bits per heavy atom. The highest BCUT2D eigenvalue weighted by Gasteiger charge is 2.51. The molecule has 1 aliphatic heterocycles. The molecule has 1 aliphatic rings. The molecule has 5 nitrogen and oxygen atoms in total. The van der Waals surface area contributed by atoms with Gasteiger partial charge < -0.3 is 10.0 Å². The van der Waals surface area contributed by atoms with Crippen LogP contribution in [0.25, 0.3) is 0 Å². The summed E-state index contributed by atoms with van der Waals surface area (Å²) in [6.45, 7) is 4.15. The van der Waals surface area contributed by atoms with Gasteiger partial charge in [0.25, 0.3) is 10.0 Å². The van der Waals surface area contributed by atoms with E-state index in [4.69, 9.17) is 0 Å². The van der Waals surface area contributed by atoms with E-state index in [0.717, 1.165) is 18.2 Å². The van der Waals surface area contributed by atoms with Gasteiger partial charge in [0.05, 0.1) is 0 Å². The molecular formula is C19H23F3N2O3S2. The van der Waals surface area contributed by atoms with Gasteiger partial charge in [0.1, 0.15) is 4.21 Å². The number of benzene rings is 1. The van der Waals surface area contributed by atoms with Crippen molar-refractivity contribution in [1.82, 2.24) is 4.31 Å². The minimum absolute atomic E-state index is 0.237. The fourth-order valence-corrected chi connectivity index (χ4v) is 6.03. The Labute approximate surface area is 172 Å². The summed E-state index contributed by atoms with van der Waals surface area (Å²) < 4.78 is 66.3. The first-order chi connectivity index (χ1) is 13.5. The highest BCUT2D eigenvalue weighted by molar-refractivity contribution is 7.91. The van der Waals surface area contributed by atoms with Crippen LogP contribution in [0, 0.1) is 0 Å². The SMILES string of the molecule is CCc1ccc(S(=O)(=O)N2CCN(c3ccc(C(C)(O)C(F)(F)F)cc3)CC2)s1. The lowest BCUT2D eigenvalue weighted by Crippen LogP contribution is -2.48. The molecule has 0 radical (unpaired) electrons. The van der Waals surface area contributed by atoms with Gasteiger partial charge in [-0.15, -0.1) is 11.3 Å². The number of aliphatic hydroxyl groups is 1. The van der Waals surface area contributed by atoms with E-state index in [9.17, 15) is 26.7 Å². The number of thiophene rings is 1. The lowest BCUT2D eigenvalue weighted by atomic mass is 9.95. The van der Waals surface area contributed by atoms with Crippen molar-refractivity contribution in [2.45, 2.75) is 36.3 Å². The van der Waals surface area contributed by atoms with Crippen LogP contribution in [-0.2, 0) is 22.0 Å². The maximum atomic E-state index is 13.0. The molecule has 2 aromatic rings. The number of alkyl halides is 3. The largest absolute Gasteiger partial charge is 0.421 e. The molecule has 0 amide bonds. The first-order valence-electron chi connectivity index (χ1n) is 9.20. The van der Waals surface area contributed by atoms with Crippen molar-refractivity contribution in [3.8, 4) is 0 Å². The zero-order valence-electron chi connectivity index (χ0n) is 16.1. The fourth-order valence-electron chi connectivity index (χ4n) is 3.16. The van der Waals surface area contributed by atoms with Crippen molar-refractivity contribution >= 4 is 27.0 Å². The lowest BCUT2D eigenvalue weighted by Gasteiger charge is -2.35. The summed E-state index contributed by atoms with van der Waals surface area (Å²) in [7, 11) is -3.53. The van der Waals surface area contributed by atoms with Gasteiger partial charge in [-0.1, -0.05) is 19.1 Å². The molecule has 29 heavy (non-hydrogen) atoms. The molecule has 2 heterocycles. The Bertz CT molecular complexity index is 946. The average Bonchev–Trinajstić information content (AvgIpc) is 3.17. The van der Waals surface area contributed by atoms with Crippen molar-refractivity contribution < 1.29 is 26.7 Å². The molecule has 0 spiro atoms. The first kappa shape index (κ1) is 22.1. The van der Waals surface area contributed by atoms with E-state index < -0.39 is 21.8 Å². The number of hydrogen-bond donors (Lipinski definition) is 1. The van der Waals surface area contributed by atoms with E-state index in [1.54, 1.807) is 6.07 Å². The van der Waals surface area contributed by atoms with Crippen LogP contribution >= 0.6 is 11.3 Å². The fraction of sp³-hybridized carbons (Fsp3) is 0.474. The van der Waals surface area contributed by atoms with Crippen LogP contribution < -0.4 is 4.90 Å². The Morgan fingerprint density at radius 1 is 1.03 bits per heavy atom. The number of sulfonamides is 1. The second-order valence-corrected chi connectivity index (χ2v) is 10.4. The van der Waals surface area contributed by atoms with Crippen molar-refractivity contribution in [2.75, 3.05) is 31.1 Å². The molecule has 1 unspecified atom stereocenters. The van der Waals surface area contributed by atoms with Gasteiger partial charge in [0.15, 0.2) is 5.60 Å². The van der Waals surface area contributed by atoms with E-state index in [0.29, 0.717) is 36.1 Å². The third-order valence-corrected chi connectivity index (χ3v) is 8.76. The zero-order chi connectivity index (χ0) is 21.4. The monoisotopic (exact) mass is 448 g/mol. The van der Waals surface area contributed by atoms with Gasteiger partial charge in [-0.2, -0.15) is 17.5 Å². The number of halogens is 3. The second kappa shape index (κ2) is 7.90. The lowest BCUT2D eigenvalue weighted by molar-refractivity contribution is -0.258. The summed E-state index contributed by atoms with van der Waals surface area (Å²) in [5.74, 6) is 0. The minimum Gasteiger partial charge on any atom is -0.376 e. The number of piperazine rings is 1. The van der Waals surface area contributed by atoms with Crippen molar-refractivity contribution in [1.29, 1.82) is 0 Å². The molecule has 10 heteroatoms. The van der Waals surface area contributed by atoms with E-state index in [1.165, 1.54) is 39.9 Å². The smallest absolute Gasteiger partial charge is 0.376 e. The molecule has 1 atom stereocenters. The Kier molecular flexibility index (Phi) is 6.01. The predicted octanol–water partition coefficient (Wildman–Crippen LogP) is 3.59. The van der Waals surface area contributed by atoms with Crippen molar-refractivity contribution in [2.24, 2.45) is 0 Å². The summed E-state index contributed by atoms with van der Waals surface area (Å²) >= 11 is 1.28. The number of aryl methyl sites for hydroxylation is 1. The molecule has 1 aromatic heterocycles. The third-order valence-electron chi connectivity index (χ3n) is 5.16. The Morgan fingerprint density at radius 2 is 1.62 bits per heavy atom. The molecule has 0 aliphatic carbocycles. The van der Waals surface area contributed by atoms with E-state index in [2.05, 4.69) is 0 Å². The Balaban J connectivity index is 1.68. The molecule has 0 bridgehead atoms. The van der Waals surface area contributed by atoms with Gasteiger partial charge in [-0.3, -0.25) is 0 Å². The summed E-state index contributed by atoms with van der Waals surface area (Å²) in [6, 6.07) is 9.01. The number of anilines is 1. The Hall–Kier alpha value is -1.62. The molecule has 1 fully saturated rings. The van der Waals surface area contributed by atoms with Crippen LogP contribution in [0.3, 0.4) is 0 Å². The third kappa shape index (κ3) is 4.30. The minimum atomic E-state index is -4.77. The molecule has 3 rings (SSSR count). The number of nitrogens with zero attached hydrogens (tertiary/aromatic N) is 2. The molecule has 160 valence electrons. The van der Waals surface area contributed by atoms with Crippen LogP contribution in [0.2, 0.25) is 0 Å². The summed E-state index contributed by atoms with van der Waals surface area (Å²) in [5, 5.41) is 9.76. The number of hydrogen-bond acceptors (Lipinski definition) is 5. The molecular weight excluding hydrogens is 425 g/mol. The summed E-state index contributed by atoms with van der Waals surface area (Å²) in [4.78, 5) is 2.93. The van der Waals surface area contributed by atoms with Crippen molar-refractivity contribution in [3.05, 3.63) is 46.8 Å². The quantitative estimate of drug-likeness (QED) is 0.760. The average molecular weight is 449 g/mol. The second-order valence-electron chi connectivity index (χ2n) is 7.08. The van der Waals surface area contributed by atoms with Gasteiger partial charge in [-0.25, -0.2) is 8.42 Å². The summed E-state index contributed by atoms with van der Waals surface area (Å²) in [5.41, 5.74) is -2.47. The molecule has 1 N–H and O–H groups in total. The highest BCUT2D eigenvalue weighted by atomic mass is 32.2. The molecule has 1 saturated heterocycles. The zero-order valence-corrected chi connectivity index (χ0v) is 17.7. The van der Waals surface area contributed by atoms with E-state index >= 15 is 0 Å².